The zero-order valence-electron chi connectivity index (χ0n) is 15.2. The van der Waals surface area contributed by atoms with Crippen molar-refractivity contribution in [3.8, 4) is 0 Å². The standard InChI is InChI=1S/C21H27N3O.ClH/c1-2-16-8-6-7-11-20(16)23-21(25)15-24-13-18(12-22)19(14-24)17-9-4-3-5-10-17;/h3-11,18-19H,2,12-15,22H2,1H3,(H,23,25);1H/t18-,19+;/m1./s1. The van der Waals surface area contributed by atoms with Crippen LogP contribution in [0.15, 0.2) is 54.6 Å². The van der Waals surface area contributed by atoms with Crippen molar-refractivity contribution in [1.82, 2.24) is 4.90 Å². The summed E-state index contributed by atoms with van der Waals surface area (Å²) in [6.07, 6.45) is 0.908. The summed E-state index contributed by atoms with van der Waals surface area (Å²) < 4.78 is 0. The maximum atomic E-state index is 12.5. The largest absolute Gasteiger partial charge is 0.330 e. The van der Waals surface area contributed by atoms with E-state index in [2.05, 4.69) is 47.5 Å². The lowest BCUT2D eigenvalue weighted by Crippen LogP contribution is -2.32. The molecule has 2 aromatic rings. The number of carbonyl (C=O) groups excluding carboxylic acids is 1. The van der Waals surface area contributed by atoms with Gasteiger partial charge >= 0.3 is 0 Å². The minimum absolute atomic E-state index is 0. The number of likely N-dealkylation sites (tertiary alicyclic amines) is 1. The maximum Gasteiger partial charge on any atom is 0.238 e. The van der Waals surface area contributed by atoms with Crippen molar-refractivity contribution < 1.29 is 4.79 Å². The fourth-order valence-corrected chi connectivity index (χ4v) is 3.75. The molecule has 3 N–H and O–H groups in total. The van der Waals surface area contributed by atoms with E-state index >= 15 is 0 Å². The molecule has 1 heterocycles. The van der Waals surface area contributed by atoms with Crippen molar-refractivity contribution in [2.45, 2.75) is 19.3 Å². The second-order valence-electron chi connectivity index (χ2n) is 6.77. The predicted molar refractivity (Wildman–Crippen MR) is 110 cm³/mol. The van der Waals surface area contributed by atoms with Gasteiger partial charge in [0.05, 0.1) is 6.54 Å². The first-order valence-electron chi connectivity index (χ1n) is 9.06. The number of nitrogens with two attached hydrogens (primary N) is 1. The first-order valence-corrected chi connectivity index (χ1v) is 9.06. The van der Waals surface area contributed by atoms with E-state index in [4.69, 9.17) is 5.73 Å². The first-order chi connectivity index (χ1) is 12.2. The van der Waals surface area contributed by atoms with Crippen LogP contribution in [0.3, 0.4) is 0 Å². The Bertz CT molecular complexity index is 707. The zero-order valence-corrected chi connectivity index (χ0v) is 16.0. The van der Waals surface area contributed by atoms with Gasteiger partial charge in [0.1, 0.15) is 0 Å². The third-order valence-corrected chi connectivity index (χ3v) is 5.09. The molecular formula is C21H28ClN3O. The summed E-state index contributed by atoms with van der Waals surface area (Å²) in [5.41, 5.74) is 9.39. The number of amides is 1. The molecule has 0 bridgehead atoms. The molecule has 5 heteroatoms. The fraction of sp³-hybridized carbons (Fsp3) is 0.381. The number of nitrogens with zero attached hydrogens (tertiary/aromatic N) is 1. The number of halogens is 1. The molecule has 1 fully saturated rings. The van der Waals surface area contributed by atoms with Crippen LogP contribution in [0.25, 0.3) is 0 Å². The van der Waals surface area contributed by atoms with E-state index in [0.717, 1.165) is 25.2 Å². The Morgan fingerprint density at radius 2 is 1.81 bits per heavy atom. The Balaban J connectivity index is 0.00000243. The second-order valence-corrected chi connectivity index (χ2v) is 6.77. The zero-order chi connectivity index (χ0) is 17.6. The number of para-hydroxylation sites is 1. The van der Waals surface area contributed by atoms with Crippen molar-refractivity contribution >= 4 is 24.0 Å². The molecule has 0 radical (unpaired) electrons. The van der Waals surface area contributed by atoms with E-state index in [1.807, 2.05) is 24.3 Å². The average molecular weight is 374 g/mol. The molecule has 1 aliphatic rings. The lowest BCUT2D eigenvalue weighted by Gasteiger charge is -2.17. The third kappa shape index (κ3) is 4.85. The van der Waals surface area contributed by atoms with E-state index in [0.29, 0.717) is 24.9 Å². The van der Waals surface area contributed by atoms with Gasteiger partial charge in [-0.15, -0.1) is 12.4 Å². The van der Waals surface area contributed by atoms with Crippen molar-refractivity contribution in [2.75, 3.05) is 31.5 Å². The van der Waals surface area contributed by atoms with Gasteiger partial charge in [-0.3, -0.25) is 9.69 Å². The lowest BCUT2D eigenvalue weighted by atomic mass is 9.89. The Labute approximate surface area is 162 Å². The lowest BCUT2D eigenvalue weighted by molar-refractivity contribution is -0.117. The number of nitrogens with one attached hydrogen (secondary N) is 1. The van der Waals surface area contributed by atoms with Gasteiger partial charge in [-0.05, 0) is 36.1 Å². The molecule has 0 aliphatic carbocycles. The molecule has 0 unspecified atom stereocenters. The van der Waals surface area contributed by atoms with E-state index < -0.39 is 0 Å². The van der Waals surface area contributed by atoms with E-state index in [-0.39, 0.29) is 18.3 Å². The highest BCUT2D eigenvalue weighted by atomic mass is 35.5. The SMILES string of the molecule is CCc1ccccc1NC(=O)CN1C[C@@H](CN)[C@H](c2ccccc2)C1.Cl. The molecule has 0 spiro atoms. The van der Waals surface area contributed by atoms with Gasteiger partial charge in [0.2, 0.25) is 5.91 Å². The van der Waals surface area contributed by atoms with Crippen LogP contribution in [0.4, 0.5) is 5.69 Å². The molecule has 1 aliphatic heterocycles. The highest BCUT2D eigenvalue weighted by Gasteiger charge is 2.33. The van der Waals surface area contributed by atoms with Crippen molar-refractivity contribution in [2.24, 2.45) is 11.7 Å². The van der Waals surface area contributed by atoms with Gasteiger partial charge in [0, 0.05) is 24.7 Å². The summed E-state index contributed by atoms with van der Waals surface area (Å²) in [6.45, 7) is 4.92. The number of rotatable bonds is 6. The molecule has 2 atom stereocenters. The molecule has 1 saturated heterocycles. The Hall–Kier alpha value is -1.88. The van der Waals surface area contributed by atoms with Crippen molar-refractivity contribution in [1.29, 1.82) is 0 Å². The number of benzene rings is 2. The molecule has 0 aromatic heterocycles. The number of aryl methyl sites for hydroxylation is 1. The van der Waals surface area contributed by atoms with Gasteiger partial charge in [-0.1, -0.05) is 55.5 Å². The monoisotopic (exact) mass is 373 g/mol. The highest BCUT2D eigenvalue weighted by Crippen LogP contribution is 2.31. The normalized spacial score (nSPS) is 19.8. The molecule has 2 aromatic carbocycles. The van der Waals surface area contributed by atoms with Crippen LogP contribution in [0.2, 0.25) is 0 Å². The van der Waals surface area contributed by atoms with E-state index in [1.165, 1.54) is 11.1 Å². The molecular weight excluding hydrogens is 346 g/mol. The first kappa shape index (κ1) is 20.4. The predicted octanol–water partition coefficient (Wildman–Crippen LogP) is 3.28. The minimum Gasteiger partial charge on any atom is -0.330 e. The van der Waals surface area contributed by atoms with Gasteiger partial charge in [0.15, 0.2) is 0 Å². The number of carbonyl (C=O) groups is 1. The van der Waals surface area contributed by atoms with Crippen LogP contribution >= 0.6 is 12.4 Å². The second kappa shape index (κ2) is 9.72. The average Bonchev–Trinajstić information content (AvgIpc) is 3.05. The molecule has 3 rings (SSSR count). The van der Waals surface area contributed by atoms with Gasteiger partial charge < -0.3 is 11.1 Å². The van der Waals surface area contributed by atoms with Crippen LogP contribution in [0, 0.1) is 5.92 Å². The van der Waals surface area contributed by atoms with Crippen LogP contribution in [-0.2, 0) is 11.2 Å². The van der Waals surface area contributed by atoms with Crippen molar-refractivity contribution in [3.63, 3.8) is 0 Å². The van der Waals surface area contributed by atoms with Crippen LogP contribution < -0.4 is 11.1 Å². The van der Waals surface area contributed by atoms with E-state index in [1.54, 1.807) is 0 Å². The number of hydrogen-bond acceptors (Lipinski definition) is 3. The quantitative estimate of drug-likeness (QED) is 0.816. The summed E-state index contributed by atoms with van der Waals surface area (Å²) in [4.78, 5) is 14.7. The van der Waals surface area contributed by atoms with Crippen LogP contribution in [-0.4, -0.2) is 37.0 Å². The fourth-order valence-electron chi connectivity index (χ4n) is 3.75. The number of hydrogen-bond donors (Lipinski definition) is 2. The summed E-state index contributed by atoms with van der Waals surface area (Å²) >= 11 is 0. The smallest absolute Gasteiger partial charge is 0.238 e. The number of anilines is 1. The van der Waals surface area contributed by atoms with Crippen LogP contribution in [0.5, 0.6) is 0 Å². The summed E-state index contributed by atoms with van der Waals surface area (Å²) in [6, 6.07) is 18.5. The Kier molecular flexibility index (Phi) is 7.64. The Morgan fingerprint density at radius 3 is 2.50 bits per heavy atom. The van der Waals surface area contributed by atoms with Crippen molar-refractivity contribution in [3.05, 3.63) is 65.7 Å². The topological polar surface area (TPSA) is 58.4 Å². The third-order valence-electron chi connectivity index (χ3n) is 5.09. The summed E-state index contributed by atoms with van der Waals surface area (Å²) in [5.74, 6) is 0.852. The minimum atomic E-state index is 0. The summed E-state index contributed by atoms with van der Waals surface area (Å²) in [5, 5.41) is 3.06. The van der Waals surface area contributed by atoms with Gasteiger partial charge in [0.25, 0.3) is 0 Å². The maximum absolute atomic E-state index is 12.5. The Morgan fingerprint density at radius 1 is 1.12 bits per heavy atom. The molecule has 0 saturated carbocycles. The molecule has 26 heavy (non-hydrogen) atoms. The van der Waals surface area contributed by atoms with Gasteiger partial charge in [-0.2, -0.15) is 0 Å². The van der Waals surface area contributed by atoms with Crippen LogP contribution in [0.1, 0.15) is 24.0 Å². The molecule has 1 amide bonds. The molecule has 140 valence electrons. The summed E-state index contributed by atoms with van der Waals surface area (Å²) in [7, 11) is 0. The molecule has 4 nitrogen and oxygen atoms in total. The van der Waals surface area contributed by atoms with Gasteiger partial charge in [-0.25, -0.2) is 0 Å². The van der Waals surface area contributed by atoms with E-state index in [9.17, 15) is 4.79 Å². The highest BCUT2D eigenvalue weighted by molar-refractivity contribution is 5.93.